The van der Waals surface area contributed by atoms with Crippen LogP contribution in [0.4, 0.5) is 0 Å². The molecule has 0 spiro atoms. The topological polar surface area (TPSA) is 209 Å². The number of carbonyl (C=O) groups excluding carboxylic acids is 3. The van der Waals surface area contributed by atoms with Crippen molar-refractivity contribution < 1.29 is 39.9 Å². The Kier molecular flexibility index (Phi) is 6.98. The van der Waals surface area contributed by atoms with Crippen LogP contribution in [-0.4, -0.2) is 97.7 Å². The monoisotopic (exact) mass is 566 g/mol. The van der Waals surface area contributed by atoms with Crippen molar-refractivity contribution in [3.05, 3.63) is 45.7 Å². The van der Waals surface area contributed by atoms with Gasteiger partial charge in [-0.15, -0.1) is 0 Å². The summed E-state index contributed by atoms with van der Waals surface area (Å²) in [6.45, 7) is 3.33. The van der Waals surface area contributed by atoms with Gasteiger partial charge in [-0.1, -0.05) is 19.1 Å². The van der Waals surface area contributed by atoms with Crippen LogP contribution < -0.4 is 5.73 Å². The number of Topliss-reactive ketones (excluding diaryl/α,β-unsaturated/α-hetero) is 2. The molecule has 4 aliphatic rings. The summed E-state index contributed by atoms with van der Waals surface area (Å²) in [4.78, 5) is 42.9. The molecule has 1 amide bonds. The molecule has 1 saturated carbocycles. The van der Waals surface area contributed by atoms with E-state index in [-0.39, 0.29) is 17.2 Å². The number of primary amides is 1. The highest BCUT2D eigenvalue weighted by molar-refractivity contribution is 6.24. The second-order valence-electron chi connectivity index (χ2n) is 11.8. The summed E-state index contributed by atoms with van der Waals surface area (Å²) in [6.07, 6.45) is -0.235. The van der Waals surface area contributed by atoms with Crippen LogP contribution in [-0.2, 0) is 20.9 Å². The van der Waals surface area contributed by atoms with Crippen molar-refractivity contribution in [3.8, 4) is 11.8 Å². The lowest BCUT2D eigenvalue weighted by atomic mass is 9.54. The van der Waals surface area contributed by atoms with E-state index < -0.39 is 75.6 Å². The van der Waals surface area contributed by atoms with Gasteiger partial charge in [0.1, 0.15) is 22.8 Å². The smallest absolute Gasteiger partial charge is 0.255 e. The summed E-state index contributed by atoms with van der Waals surface area (Å²) in [5.41, 5.74) is 1.96. The largest absolute Gasteiger partial charge is 0.508 e. The molecule has 2 fully saturated rings. The van der Waals surface area contributed by atoms with Gasteiger partial charge in [0, 0.05) is 29.5 Å². The fourth-order valence-electron chi connectivity index (χ4n) is 7.25. The molecule has 0 radical (unpaired) electrons. The van der Waals surface area contributed by atoms with Crippen LogP contribution in [0.3, 0.4) is 0 Å². The fourth-order valence-corrected chi connectivity index (χ4v) is 7.25. The van der Waals surface area contributed by atoms with Crippen molar-refractivity contribution in [2.75, 3.05) is 27.2 Å². The number of carbonyl (C=O) groups is 3. The minimum absolute atomic E-state index is 0.0176. The van der Waals surface area contributed by atoms with E-state index in [0.29, 0.717) is 43.6 Å². The first-order chi connectivity index (χ1) is 19.3. The summed E-state index contributed by atoms with van der Waals surface area (Å²) in [6, 6.07) is 4.31. The van der Waals surface area contributed by atoms with E-state index in [2.05, 4.69) is 11.0 Å². The molecule has 1 aromatic rings. The van der Waals surface area contributed by atoms with E-state index in [9.17, 15) is 45.2 Å². The van der Waals surface area contributed by atoms with Crippen molar-refractivity contribution in [3.63, 3.8) is 0 Å². The van der Waals surface area contributed by atoms with Crippen LogP contribution >= 0.6 is 0 Å². The van der Waals surface area contributed by atoms with E-state index >= 15 is 0 Å². The number of fused-ring (bicyclic) bond motifs is 3. The lowest BCUT2D eigenvalue weighted by Gasteiger charge is -2.53. The highest BCUT2D eigenvalue weighted by atomic mass is 16.4. The third kappa shape index (κ3) is 3.99. The summed E-state index contributed by atoms with van der Waals surface area (Å²) < 4.78 is 0. The normalized spacial score (nSPS) is 32.5. The number of nitrogens with zero attached hydrogens (tertiary/aromatic N) is 3. The molecule has 1 aromatic carbocycles. The van der Waals surface area contributed by atoms with Gasteiger partial charge in [-0.25, -0.2) is 0 Å². The molecule has 12 nitrogen and oxygen atoms in total. The second kappa shape index (κ2) is 9.95. The average Bonchev–Trinajstić information content (AvgIpc) is 2.92. The number of amides is 1. The first-order valence-electron chi connectivity index (χ1n) is 13.6. The molecule has 1 heterocycles. The highest BCUT2D eigenvalue weighted by Gasteiger charge is 2.68. The number of hydrogen-bond acceptors (Lipinski definition) is 11. The number of aromatic hydroxyl groups is 1. The molecule has 3 aliphatic carbocycles. The van der Waals surface area contributed by atoms with Crippen LogP contribution in [0.15, 0.2) is 29.0 Å². The number of likely N-dealkylation sites (tertiary alicyclic amines) is 1. The van der Waals surface area contributed by atoms with E-state index in [1.165, 1.54) is 19.0 Å². The fraction of sp³-hybridized carbons (Fsp3) is 0.517. The van der Waals surface area contributed by atoms with Gasteiger partial charge in [0.05, 0.1) is 29.7 Å². The summed E-state index contributed by atoms with van der Waals surface area (Å²) in [5, 5.41) is 66.4. The number of phenolic OH excluding ortho intramolecular Hbond substituents is 1. The Morgan fingerprint density at radius 2 is 1.83 bits per heavy atom. The number of hydrogen-bond donors (Lipinski definition) is 6. The minimum atomic E-state index is -2.94. The molecule has 41 heavy (non-hydrogen) atoms. The van der Waals surface area contributed by atoms with Crippen molar-refractivity contribution in [2.24, 2.45) is 23.5 Å². The Bertz CT molecular complexity index is 1450. The van der Waals surface area contributed by atoms with E-state index in [1.807, 2.05) is 0 Å². The minimum Gasteiger partial charge on any atom is -0.508 e. The van der Waals surface area contributed by atoms with Crippen LogP contribution in [0, 0.1) is 29.1 Å². The number of nitriles is 1. The SMILES string of the molecule is C[C@H]1c2ccc(CN3CCC(C#N)CC3)c(O)c2C(O)=C2C(=O)C3(O)C(O)=C(C(N)=O)C(=O)[C@@H](N(C)C)[C@@H]3[C@@H](O)[C@@H]21. The van der Waals surface area contributed by atoms with E-state index in [4.69, 9.17) is 5.73 Å². The van der Waals surface area contributed by atoms with Gasteiger partial charge >= 0.3 is 0 Å². The molecular formula is C29H34N4O8. The lowest BCUT2D eigenvalue weighted by Crippen LogP contribution is -2.70. The van der Waals surface area contributed by atoms with Gasteiger partial charge in [-0.3, -0.25) is 24.2 Å². The van der Waals surface area contributed by atoms with Crippen LogP contribution in [0.2, 0.25) is 0 Å². The molecule has 1 saturated heterocycles. The predicted octanol–water partition coefficient (Wildman–Crippen LogP) is 0.231. The number of phenols is 1. The average molecular weight is 567 g/mol. The molecule has 6 atom stereocenters. The van der Waals surface area contributed by atoms with Gasteiger partial charge in [0.15, 0.2) is 11.4 Å². The number of rotatable bonds is 4. The van der Waals surface area contributed by atoms with Crippen molar-refractivity contribution >= 4 is 23.2 Å². The predicted molar refractivity (Wildman–Crippen MR) is 144 cm³/mol. The quantitative estimate of drug-likeness (QED) is 0.272. The molecule has 218 valence electrons. The maximum Gasteiger partial charge on any atom is 0.255 e. The molecule has 12 heteroatoms. The van der Waals surface area contributed by atoms with Gasteiger partial charge in [0.25, 0.3) is 5.91 Å². The number of aliphatic hydroxyl groups excluding tert-OH is 3. The zero-order valence-electron chi connectivity index (χ0n) is 23.0. The maximum atomic E-state index is 14.1. The molecule has 0 bridgehead atoms. The highest BCUT2D eigenvalue weighted by Crippen LogP contribution is 2.56. The molecular weight excluding hydrogens is 532 g/mol. The first-order valence-corrected chi connectivity index (χ1v) is 13.6. The Morgan fingerprint density at radius 1 is 1.20 bits per heavy atom. The van der Waals surface area contributed by atoms with Crippen molar-refractivity contribution in [1.29, 1.82) is 5.26 Å². The first kappa shape index (κ1) is 28.8. The van der Waals surface area contributed by atoms with Crippen LogP contribution in [0.25, 0.3) is 5.76 Å². The Labute approximate surface area is 236 Å². The summed E-state index contributed by atoms with van der Waals surface area (Å²) in [7, 11) is 2.93. The standard InChI is InChI=1S/C29H34N4O8/c1-12-15-5-4-14(11-33-8-6-13(10-30)7-9-33)22(34)17(15)23(35)18-16(12)24(36)20-21(32(2)3)25(37)19(28(31)40)27(39)29(20,41)26(18)38/h4-5,12-13,16,20-21,24,34-36,39,41H,6-9,11H2,1-3H3,(H2,31,40)/t12-,16+,20+,21-,24-,29?/m0/s1. The number of benzene rings is 1. The molecule has 7 N–H and O–H groups in total. The molecule has 0 aromatic heterocycles. The van der Waals surface area contributed by atoms with E-state index in [0.717, 1.165) is 0 Å². The van der Waals surface area contributed by atoms with Gasteiger partial charge < -0.3 is 31.3 Å². The van der Waals surface area contributed by atoms with Gasteiger partial charge in [-0.05, 0) is 51.5 Å². The summed E-state index contributed by atoms with van der Waals surface area (Å²) in [5.74, 6) is -9.04. The van der Waals surface area contributed by atoms with Crippen molar-refractivity contribution in [2.45, 2.75) is 50.0 Å². The van der Waals surface area contributed by atoms with Crippen molar-refractivity contribution in [1.82, 2.24) is 9.80 Å². The third-order valence-corrected chi connectivity index (χ3v) is 9.38. The molecule has 5 rings (SSSR count). The Hall–Kier alpha value is -3.76. The number of piperidine rings is 1. The zero-order valence-corrected chi connectivity index (χ0v) is 23.0. The molecule has 1 unspecified atom stereocenters. The van der Waals surface area contributed by atoms with E-state index in [1.54, 1.807) is 19.1 Å². The molecule has 1 aliphatic heterocycles. The maximum absolute atomic E-state index is 14.1. The number of nitrogens with two attached hydrogens (primary N) is 1. The summed E-state index contributed by atoms with van der Waals surface area (Å²) >= 11 is 0. The van der Waals surface area contributed by atoms with Gasteiger partial charge in [-0.2, -0.15) is 5.26 Å². The lowest BCUT2D eigenvalue weighted by molar-refractivity contribution is -0.169. The van der Waals surface area contributed by atoms with Crippen LogP contribution in [0.5, 0.6) is 5.75 Å². The number of ketones is 2. The second-order valence-corrected chi connectivity index (χ2v) is 11.8. The Balaban J connectivity index is 1.64. The number of likely N-dealkylation sites (N-methyl/N-ethyl adjacent to an activating group) is 1. The zero-order chi connectivity index (χ0) is 30.1. The Morgan fingerprint density at radius 3 is 2.39 bits per heavy atom. The number of aliphatic hydroxyl groups is 4. The van der Waals surface area contributed by atoms with Crippen LogP contribution in [0.1, 0.15) is 42.4 Å². The third-order valence-electron chi connectivity index (χ3n) is 9.38. The van der Waals surface area contributed by atoms with Gasteiger partial charge in [0.2, 0.25) is 5.78 Å².